The first kappa shape index (κ1) is 14.6. The molecule has 2 N–H and O–H groups in total. The predicted octanol–water partition coefficient (Wildman–Crippen LogP) is 3.46. The van der Waals surface area contributed by atoms with Crippen molar-refractivity contribution in [1.29, 1.82) is 0 Å². The van der Waals surface area contributed by atoms with Gasteiger partial charge in [0.15, 0.2) is 5.76 Å². The summed E-state index contributed by atoms with van der Waals surface area (Å²) in [6.45, 7) is 3.21. The maximum Gasteiger partial charge on any atom is 0.290 e. The summed E-state index contributed by atoms with van der Waals surface area (Å²) >= 11 is 3.46. The zero-order valence-electron chi connectivity index (χ0n) is 12.1. The molecule has 2 aromatic rings. The lowest BCUT2D eigenvalue weighted by Crippen LogP contribution is -2.47. The Morgan fingerprint density at radius 3 is 3.05 bits per heavy atom. The Balaban J connectivity index is 1.99. The van der Waals surface area contributed by atoms with E-state index in [4.69, 9.17) is 10.2 Å². The van der Waals surface area contributed by atoms with Crippen LogP contribution in [0.15, 0.2) is 27.1 Å². The molecule has 3 rings (SSSR count). The molecule has 4 nitrogen and oxygen atoms in total. The minimum atomic E-state index is -0.0324. The fraction of sp³-hybridized carbons (Fsp3) is 0.438. The van der Waals surface area contributed by atoms with Gasteiger partial charge in [-0.25, -0.2) is 0 Å². The van der Waals surface area contributed by atoms with Crippen molar-refractivity contribution in [3.05, 3.63) is 34.0 Å². The third-order valence-electron chi connectivity index (χ3n) is 4.25. The molecule has 5 heteroatoms. The summed E-state index contributed by atoms with van der Waals surface area (Å²) in [6, 6.07) is 5.93. The first-order chi connectivity index (χ1) is 10.1. The number of hydrogen-bond donors (Lipinski definition) is 1. The quantitative estimate of drug-likeness (QED) is 0.902. The zero-order valence-corrected chi connectivity index (χ0v) is 13.6. The number of amides is 1. The first-order valence-electron chi connectivity index (χ1n) is 7.31. The fourth-order valence-corrected chi connectivity index (χ4v) is 3.40. The van der Waals surface area contributed by atoms with Crippen molar-refractivity contribution in [1.82, 2.24) is 4.90 Å². The van der Waals surface area contributed by atoms with Gasteiger partial charge in [0.1, 0.15) is 5.58 Å². The SMILES string of the molecule is Cc1c(C(=O)N2CCCCC2CN)oc2ccc(Br)cc12. The average Bonchev–Trinajstić information content (AvgIpc) is 2.83. The van der Waals surface area contributed by atoms with Crippen LogP contribution >= 0.6 is 15.9 Å². The number of likely N-dealkylation sites (tertiary alicyclic amines) is 1. The van der Waals surface area contributed by atoms with Crippen molar-refractivity contribution < 1.29 is 9.21 Å². The van der Waals surface area contributed by atoms with Gasteiger partial charge < -0.3 is 15.1 Å². The van der Waals surface area contributed by atoms with Crippen LogP contribution in [0.5, 0.6) is 0 Å². The summed E-state index contributed by atoms with van der Waals surface area (Å²) in [7, 11) is 0. The number of piperidine rings is 1. The molecule has 1 aliphatic rings. The van der Waals surface area contributed by atoms with Crippen LogP contribution in [-0.4, -0.2) is 29.9 Å². The average molecular weight is 351 g/mol. The molecule has 1 fully saturated rings. The molecule has 1 saturated heterocycles. The van der Waals surface area contributed by atoms with Gasteiger partial charge in [-0.05, 0) is 44.4 Å². The Hall–Kier alpha value is -1.33. The van der Waals surface area contributed by atoms with Crippen LogP contribution in [-0.2, 0) is 0 Å². The Bertz CT molecular complexity index is 680. The van der Waals surface area contributed by atoms with Crippen molar-refractivity contribution >= 4 is 32.8 Å². The van der Waals surface area contributed by atoms with Crippen LogP contribution in [0.4, 0.5) is 0 Å². The Labute approximate surface area is 132 Å². The second-order valence-electron chi connectivity index (χ2n) is 5.58. The van der Waals surface area contributed by atoms with E-state index >= 15 is 0 Å². The van der Waals surface area contributed by atoms with E-state index in [2.05, 4.69) is 15.9 Å². The molecule has 1 atom stereocenters. The van der Waals surface area contributed by atoms with Crippen LogP contribution in [0.25, 0.3) is 11.0 Å². The van der Waals surface area contributed by atoms with E-state index in [1.165, 1.54) is 0 Å². The molecular formula is C16H19BrN2O2. The largest absolute Gasteiger partial charge is 0.451 e. The first-order valence-corrected chi connectivity index (χ1v) is 8.11. The number of aryl methyl sites for hydroxylation is 1. The number of carbonyl (C=O) groups excluding carboxylic acids is 1. The Morgan fingerprint density at radius 1 is 1.48 bits per heavy atom. The van der Waals surface area contributed by atoms with E-state index < -0.39 is 0 Å². The highest BCUT2D eigenvalue weighted by molar-refractivity contribution is 9.10. The number of carbonyl (C=O) groups is 1. The van der Waals surface area contributed by atoms with E-state index in [-0.39, 0.29) is 11.9 Å². The summed E-state index contributed by atoms with van der Waals surface area (Å²) in [4.78, 5) is 14.7. The lowest BCUT2D eigenvalue weighted by molar-refractivity contribution is 0.0592. The van der Waals surface area contributed by atoms with E-state index in [9.17, 15) is 4.79 Å². The highest BCUT2D eigenvalue weighted by atomic mass is 79.9. The molecule has 2 heterocycles. The lowest BCUT2D eigenvalue weighted by atomic mass is 10.0. The molecule has 1 aliphatic heterocycles. The lowest BCUT2D eigenvalue weighted by Gasteiger charge is -2.34. The highest BCUT2D eigenvalue weighted by Gasteiger charge is 2.30. The maximum absolute atomic E-state index is 12.8. The van der Waals surface area contributed by atoms with Crippen LogP contribution < -0.4 is 5.73 Å². The topological polar surface area (TPSA) is 59.5 Å². The van der Waals surface area contributed by atoms with Crippen molar-refractivity contribution in [2.45, 2.75) is 32.2 Å². The van der Waals surface area contributed by atoms with Crippen molar-refractivity contribution in [3.63, 3.8) is 0 Å². The van der Waals surface area contributed by atoms with Crippen LogP contribution in [0.1, 0.15) is 35.4 Å². The van der Waals surface area contributed by atoms with Gasteiger partial charge in [-0.2, -0.15) is 0 Å². The van der Waals surface area contributed by atoms with E-state index in [0.717, 1.165) is 46.8 Å². The molecule has 0 saturated carbocycles. The van der Waals surface area contributed by atoms with Gasteiger partial charge in [-0.3, -0.25) is 4.79 Å². The number of halogens is 1. The number of nitrogens with zero attached hydrogens (tertiary/aromatic N) is 1. The van der Waals surface area contributed by atoms with Crippen LogP contribution in [0.3, 0.4) is 0 Å². The van der Waals surface area contributed by atoms with Gasteiger partial charge >= 0.3 is 0 Å². The predicted molar refractivity (Wildman–Crippen MR) is 86.4 cm³/mol. The number of nitrogens with two attached hydrogens (primary N) is 1. The fourth-order valence-electron chi connectivity index (χ4n) is 3.04. The molecule has 1 amide bonds. The van der Waals surface area contributed by atoms with Gasteiger partial charge in [0.05, 0.1) is 0 Å². The minimum Gasteiger partial charge on any atom is -0.451 e. The highest BCUT2D eigenvalue weighted by Crippen LogP contribution is 2.30. The standard InChI is InChI=1S/C16H19BrN2O2/c1-10-13-8-11(17)5-6-14(13)21-15(10)16(20)19-7-3-2-4-12(19)9-18/h5-6,8,12H,2-4,7,9,18H2,1H3. The normalized spacial score (nSPS) is 19.2. The van der Waals surface area contributed by atoms with Gasteiger partial charge in [0.2, 0.25) is 0 Å². The molecule has 1 unspecified atom stereocenters. The Kier molecular flexibility index (Phi) is 4.04. The monoisotopic (exact) mass is 350 g/mol. The smallest absolute Gasteiger partial charge is 0.290 e. The second-order valence-corrected chi connectivity index (χ2v) is 6.50. The van der Waals surface area contributed by atoms with Crippen LogP contribution in [0.2, 0.25) is 0 Å². The molecule has 0 aliphatic carbocycles. The number of fused-ring (bicyclic) bond motifs is 1. The van der Waals surface area contributed by atoms with Crippen molar-refractivity contribution in [2.75, 3.05) is 13.1 Å². The van der Waals surface area contributed by atoms with E-state index in [1.54, 1.807) is 0 Å². The summed E-state index contributed by atoms with van der Waals surface area (Å²) in [5, 5.41) is 0.981. The van der Waals surface area contributed by atoms with Gasteiger partial charge in [0.25, 0.3) is 5.91 Å². The summed E-state index contributed by atoms with van der Waals surface area (Å²) in [5.74, 6) is 0.415. The summed E-state index contributed by atoms with van der Waals surface area (Å²) in [5.41, 5.74) is 7.46. The summed E-state index contributed by atoms with van der Waals surface area (Å²) in [6.07, 6.45) is 3.15. The number of benzene rings is 1. The third-order valence-corrected chi connectivity index (χ3v) is 4.75. The van der Waals surface area contributed by atoms with Crippen molar-refractivity contribution in [3.8, 4) is 0 Å². The molecule has 0 spiro atoms. The van der Waals surface area contributed by atoms with Crippen molar-refractivity contribution in [2.24, 2.45) is 5.73 Å². The number of furan rings is 1. The number of rotatable bonds is 2. The third kappa shape index (κ3) is 2.60. The molecule has 0 bridgehead atoms. The molecular weight excluding hydrogens is 332 g/mol. The van der Waals surface area contributed by atoms with E-state index in [0.29, 0.717) is 12.3 Å². The Morgan fingerprint density at radius 2 is 2.29 bits per heavy atom. The molecule has 112 valence electrons. The van der Waals surface area contributed by atoms with E-state index in [1.807, 2.05) is 30.0 Å². The molecule has 21 heavy (non-hydrogen) atoms. The summed E-state index contributed by atoms with van der Waals surface area (Å²) < 4.78 is 6.79. The van der Waals surface area contributed by atoms with Crippen LogP contribution in [0, 0.1) is 6.92 Å². The van der Waals surface area contributed by atoms with Gasteiger partial charge in [0, 0.05) is 34.6 Å². The van der Waals surface area contributed by atoms with Gasteiger partial charge in [-0.15, -0.1) is 0 Å². The molecule has 0 radical (unpaired) electrons. The molecule has 1 aromatic carbocycles. The minimum absolute atomic E-state index is 0.0324. The van der Waals surface area contributed by atoms with Gasteiger partial charge in [-0.1, -0.05) is 15.9 Å². The maximum atomic E-state index is 12.8. The second kappa shape index (κ2) is 5.81. The zero-order chi connectivity index (χ0) is 15.0. The molecule has 1 aromatic heterocycles. The number of hydrogen-bond acceptors (Lipinski definition) is 3.